The van der Waals surface area contributed by atoms with E-state index in [1.54, 1.807) is 6.92 Å². The minimum absolute atomic E-state index is 0.177. The van der Waals surface area contributed by atoms with E-state index in [4.69, 9.17) is 0 Å². The Kier molecular flexibility index (Phi) is 3.19. The zero-order valence-electron chi connectivity index (χ0n) is 9.23. The summed E-state index contributed by atoms with van der Waals surface area (Å²) in [5.41, 5.74) is 0. The van der Waals surface area contributed by atoms with E-state index in [1.165, 1.54) is 0 Å². The second-order valence-electron chi connectivity index (χ2n) is 4.29. The standard InChI is InChI=1S/C10H16N4O2/c1-6-12-9(14-13-6)10(16)11-5-7-2-3-8(15)4-7/h7-8,15H,2-5H2,1H3,(H,11,16)(H,12,13,14). The van der Waals surface area contributed by atoms with Crippen LogP contribution in [0.4, 0.5) is 0 Å². The Balaban J connectivity index is 1.80. The highest BCUT2D eigenvalue weighted by Gasteiger charge is 2.23. The van der Waals surface area contributed by atoms with Gasteiger partial charge in [0, 0.05) is 6.54 Å². The van der Waals surface area contributed by atoms with Gasteiger partial charge < -0.3 is 10.4 Å². The largest absolute Gasteiger partial charge is 0.393 e. The van der Waals surface area contributed by atoms with E-state index >= 15 is 0 Å². The van der Waals surface area contributed by atoms with Gasteiger partial charge in [-0.05, 0) is 32.1 Å². The number of aliphatic hydroxyl groups excluding tert-OH is 1. The smallest absolute Gasteiger partial charge is 0.290 e. The third-order valence-corrected chi connectivity index (χ3v) is 2.87. The van der Waals surface area contributed by atoms with Gasteiger partial charge >= 0.3 is 0 Å². The summed E-state index contributed by atoms with van der Waals surface area (Å²) in [6, 6.07) is 0. The van der Waals surface area contributed by atoms with Gasteiger partial charge in [0.25, 0.3) is 5.91 Å². The van der Waals surface area contributed by atoms with Gasteiger partial charge in [0.1, 0.15) is 5.82 Å². The van der Waals surface area contributed by atoms with E-state index in [1.807, 2.05) is 0 Å². The van der Waals surface area contributed by atoms with Gasteiger partial charge in [-0.15, -0.1) is 5.10 Å². The first-order valence-corrected chi connectivity index (χ1v) is 5.50. The Morgan fingerprint density at radius 2 is 2.44 bits per heavy atom. The van der Waals surface area contributed by atoms with Crippen molar-refractivity contribution in [1.82, 2.24) is 20.5 Å². The number of nitrogens with zero attached hydrogens (tertiary/aromatic N) is 2. The minimum Gasteiger partial charge on any atom is -0.393 e. The third-order valence-electron chi connectivity index (χ3n) is 2.87. The molecule has 6 heteroatoms. The first-order valence-electron chi connectivity index (χ1n) is 5.50. The number of hydrogen-bond acceptors (Lipinski definition) is 4. The SMILES string of the molecule is Cc1nc(C(=O)NCC2CCC(O)C2)n[nH]1. The van der Waals surface area contributed by atoms with Crippen molar-refractivity contribution in [1.29, 1.82) is 0 Å². The zero-order valence-corrected chi connectivity index (χ0v) is 9.23. The molecule has 0 bridgehead atoms. The van der Waals surface area contributed by atoms with Crippen LogP contribution in [0.1, 0.15) is 35.7 Å². The third kappa shape index (κ3) is 2.57. The fraction of sp³-hybridized carbons (Fsp3) is 0.700. The molecule has 0 spiro atoms. The summed E-state index contributed by atoms with van der Waals surface area (Å²) in [5, 5.41) is 18.5. The molecule has 0 saturated heterocycles. The van der Waals surface area contributed by atoms with E-state index in [0.717, 1.165) is 19.3 Å². The molecule has 16 heavy (non-hydrogen) atoms. The maximum Gasteiger partial charge on any atom is 0.290 e. The minimum atomic E-state index is -0.259. The Hall–Kier alpha value is -1.43. The average molecular weight is 224 g/mol. The van der Waals surface area contributed by atoms with E-state index in [-0.39, 0.29) is 17.8 Å². The molecule has 1 saturated carbocycles. The van der Waals surface area contributed by atoms with Crippen molar-refractivity contribution in [2.24, 2.45) is 5.92 Å². The number of aromatic nitrogens is 3. The molecule has 0 radical (unpaired) electrons. The molecule has 6 nitrogen and oxygen atoms in total. The van der Waals surface area contributed by atoms with Crippen molar-refractivity contribution in [3.8, 4) is 0 Å². The van der Waals surface area contributed by atoms with Crippen LogP contribution < -0.4 is 5.32 Å². The van der Waals surface area contributed by atoms with Gasteiger partial charge in [0.05, 0.1) is 6.10 Å². The summed E-state index contributed by atoms with van der Waals surface area (Å²) in [6.07, 6.45) is 2.37. The number of nitrogens with one attached hydrogen (secondary N) is 2. The van der Waals surface area contributed by atoms with Gasteiger partial charge in [0.2, 0.25) is 5.82 Å². The highest BCUT2D eigenvalue weighted by molar-refractivity contribution is 5.90. The topological polar surface area (TPSA) is 90.9 Å². The van der Waals surface area contributed by atoms with Crippen molar-refractivity contribution in [3.63, 3.8) is 0 Å². The number of carbonyl (C=O) groups excluding carboxylic acids is 1. The van der Waals surface area contributed by atoms with Crippen LogP contribution in [0.3, 0.4) is 0 Å². The molecule has 1 heterocycles. The molecule has 0 aliphatic heterocycles. The second kappa shape index (κ2) is 4.61. The van der Waals surface area contributed by atoms with Gasteiger partial charge in [-0.1, -0.05) is 0 Å². The number of aryl methyl sites for hydroxylation is 1. The Labute approximate surface area is 93.5 Å². The molecular weight excluding hydrogens is 208 g/mol. The predicted octanol–water partition coefficient (Wildman–Crippen LogP) is 0.00392. The highest BCUT2D eigenvalue weighted by atomic mass is 16.3. The van der Waals surface area contributed by atoms with Gasteiger partial charge in [0.15, 0.2) is 0 Å². The van der Waals surface area contributed by atoms with Crippen molar-refractivity contribution in [3.05, 3.63) is 11.6 Å². The van der Waals surface area contributed by atoms with E-state index in [0.29, 0.717) is 18.3 Å². The van der Waals surface area contributed by atoms with Crippen LogP contribution in [0.5, 0.6) is 0 Å². The molecule has 2 rings (SSSR count). The summed E-state index contributed by atoms with van der Waals surface area (Å²) < 4.78 is 0. The van der Waals surface area contributed by atoms with Crippen LogP contribution in [0.25, 0.3) is 0 Å². The number of carbonyl (C=O) groups is 1. The molecule has 1 aliphatic carbocycles. The number of H-pyrrole nitrogens is 1. The van der Waals surface area contributed by atoms with Crippen LogP contribution in [0.15, 0.2) is 0 Å². The average Bonchev–Trinajstić information content (AvgIpc) is 2.84. The van der Waals surface area contributed by atoms with Crippen LogP contribution in [0, 0.1) is 12.8 Å². The molecule has 88 valence electrons. The summed E-state index contributed by atoms with van der Waals surface area (Å²) in [6.45, 7) is 2.33. The van der Waals surface area contributed by atoms with Crippen LogP contribution >= 0.6 is 0 Å². The summed E-state index contributed by atoms with van der Waals surface area (Å²) >= 11 is 0. The monoisotopic (exact) mass is 224 g/mol. The number of aromatic amines is 1. The quantitative estimate of drug-likeness (QED) is 0.674. The second-order valence-corrected chi connectivity index (χ2v) is 4.29. The summed E-state index contributed by atoms with van der Waals surface area (Å²) in [7, 11) is 0. The Morgan fingerprint density at radius 1 is 1.62 bits per heavy atom. The van der Waals surface area contributed by atoms with Gasteiger partial charge in [-0.3, -0.25) is 9.89 Å². The normalized spacial score (nSPS) is 24.6. The number of rotatable bonds is 3. The summed E-state index contributed by atoms with van der Waals surface area (Å²) in [5.74, 6) is 0.919. The molecule has 0 aromatic carbocycles. The number of aliphatic hydroxyl groups is 1. The van der Waals surface area contributed by atoms with E-state index in [9.17, 15) is 9.90 Å². The maximum atomic E-state index is 11.6. The summed E-state index contributed by atoms with van der Waals surface area (Å²) in [4.78, 5) is 15.5. The number of hydrogen-bond donors (Lipinski definition) is 3. The maximum absolute atomic E-state index is 11.6. The fourth-order valence-corrected chi connectivity index (χ4v) is 1.99. The lowest BCUT2D eigenvalue weighted by molar-refractivity contribution is 0.0935. The fourth-order valence-electron chi connectivity index (χ4n) is 1.99. The first kappa shape index (κ1) is 11.1. The molecule has 2 unspecified atom stereocenters. The molecule has 3 N–H and O–H groups in total. The van der Waals surface area contributed by atoms with E-state index < -0.39 is 0 Å². The highest BCUT2D eigenvalue weighted by Crippen LogP contribution is 2.24. The lowest BCUT2D eigenvalue weighted by Gasteiger charge is -2.09. The van der Waals surface area contributed by atoms with Crippen LogP contribution in [-0.4, -0.2) is 38.8 Å². The molecular formula is C10H16N4O2. The first-order chi connectivity index (χ1) is 7.65. The lowest BCUT2D eigenvalue weighted by Crippen LogP contribution is -2.29. The number of amides is 1. The van der Waals surface area contributed by atoms with Crippen molar-refractivity contribution < 1.29 is 9.90 Å². The van der Waals surface area contributed by atoms with Crippen molar-refractivity contribution >= 4 is 5.91 Å². The zero-order chi connectivity index (χ0) is 11.5. The Morgan fingerprint density at radius 3 is 3.00 bits per heavy atom. The molecule has 2 atom stereocenters. The molecule has 1 aromatic heterocycles. The van der Waals surface area contributed by atoms with Crippen molar-refractivity contribution in [2.75, 3.05) is 6.54 Å². The van der Waals surface area contributed by atoms with Gasteiger partial charge in [-0.2, -0.15) is 0 Å². The van der Waals surface area contributed by atoms with Crippen LogP contribution in [-0.2, 0) is 0 Å². The molecule has 1 aliphatic rings. The van der Waals surface area contributed by atoms with E-state index in [2.05, 4.69) is 20.5 Å². The van der Waals surface area contributed by atoms with Crippen LogP contribution in [0.2, 0.25) is 0 Å². The molecule has 1 amide bonds. The van der Waals surface area contributed by atoms with Crippen molar-refractivity contribution in [2.45, 2.75) is 32.3 Å². The molecule has 1 fully saturated rings. The lowest BCUT2D eigenvalue weighted by atomic mass is 10.1. The Bertz CT molecular complexity index is 377. The molecule has 1 aromatic rings. The van der Waals surface area contributed by atoms with Gasteiger partial charge in [-0.25, -0.2) is 4.98 Å². The predicted molar refractivity (Wildman–Crippen MR) is 56.8 cm³/mol.